The highest BCUT2D eigenvalue weighted by molar-refractivity contribution is 5.84. The molecule has 0 aliphatic heterocycles. The summed E-state index contributed by atoms with van der Waals surface area (Å²) in [6.07, 6.45) is 4.73. The summed E-state index contributed by atoms with van der Waals surface area (Å²) in [5.74, 6) is -1.45. The van der Waals surface area contributed by atoms with Gasteiger partial charge in [0.05, 0.1) is 6.42 Å². The molecule has 1 aliphatic carbocycles. The molecule has 0 radical (unpaired) electrons. The first-order valence-electron chi connectivity index (χ1n) is 7.34. The van der Waals surface area contributed by atoms with Crippen molar-refractivity contribution >= 4 is 11.9 Å². The molecule has 1 aromatic rings. The molecule has 0 saturated heterocycles. The van der Waals surface area contributed by atoms with Gasteiger partial charge < -0.3 is 15.5 Å². The average molecular weight is 291 g/mol. The second-order valence-electron chi connectivity index (χ2n) is 5.46. The second kappa shape index (κ2) is 7.22. The van der Waals surface area contributed by atoms with E-state index in [1.807, 2.05) is 6.07 Å². The van der Waals surface area contributed by atoms with Crippen molar-refractivity contribution in [3.63, 3.8) is 0 Å². The largest absolute Gasteiger partial charge is 0.480 e. The number of rotatable bonds is 6. The predicted octanol–water partition coefficient (Wildman–Crippen LogP) is 1.06. The zero-order valence-electron chi connectivity index (χ0n) is 12.0. The zero-order chi connectivity index (χ0) is 15.2. The molecule has 0 aromatic heterocycles. The molecular formula is C16H21NO4. The van der Waals surface area contributed by atoms with Gasteiger partial charge in [0.25, 0.3) is 0 Å². The monoisotopic (exact) mass is 291 g/mol. The van der Waals surface area contributed by atoms with E-state index in [0.717, 1.165) is 18.4 Å². The van der Waals surface area contributed by atoms with E-state index in [4.69, 9.17) is 10.2 Å². The average Bonchev–Trinajstić information content (AvgIpc) is 2.46. The van der Waals surface area contributed by atoms with Gasteiger partial charge in [-0.25, -0.2) is 4.79 Å². The molecule has 0 spiro atoms. The van der Waals surface area contributed by atoms with Crippen LogP contribution in [-0.2, 0) is 28.9 Å². The van der Waals surface area contributed by atoms with Crippen LogP contribution < -0.4 is 5.32 Å². The molecule has 1 amide bonds. The van der Waals surface area contributed by atoms with Crippen molar-refractivity contribution in [1.82, 2.24) is 5.32 Å². The summed E-state index contributed by atoms with van der Waals surface area (Å²) in [7, 11) is 0. The molecular weight excluding hydrogens is 270 g/mol. The van der Waals surface area contributed by atoms with E-state index in [1.54, 1.807) is 0 Å². The first-order chi connectivity index (χ1) is 10.1. The molecule has 3 N–H and O–H groups in total. The summed E-state index contributed by atoms with van der Waals surface area (Å²) in [6.45, 7) is -0.268. The zero-order valence-corrected chi connectivity index (χ0v) is 12.0. The molecule has 0 heterocycles. The number of hydrogen-bond acceptors (Lipinski definition) is 3. The highest BCUT2D eigenvalue weighted by atomic mass is 16.4. The van der Waals surface area contributed by atoms with Gasteiger partial charge in [0.2, 0.25) is 5.91 Å². The molecule has 1 atom stereocenters. The maximum Gasteiger partial charge on any atom is 0.326 e. The van der Waals surface area contributed by atoms with Gasteiger partial charge in [0, 0.05) is 13.0 Å². The number of aliphatic hydroxyl groups is 1. The third-order valence-electron chi connectivity index (χ3n) is 3.83. The van der Waals surface area contributed by atoms with Crippen LogP contribution in [0.15, 0.2) is 18.2 Å². The Balaban J connectivity index is 1.97. The van der Waals surface area contributed by atoms with E-state index in [-0.39, 0.29) is 25.4 Å². The minimum absolute atomic E-state index is 0.0191. The van der Waals surface area contributed by atoms with Crippen molar-refractivity contribution in [3.8, 4) is 0 Å². The van der Waals surface area contributed by atoms with Crippen molar-refractivity contribution in [2.24, 2.45) is 0 Å². The minimum Gasteiger partial charge on any atom is -0.480 e. The fourth-order valence-corrected chi connectivity index (χ4v) is 2.71. The number of carbonyl (C=O) groups is 2. The van der Waals surface area contributed by atoms with Crippen molar-refractivity contribution in [3.05, 3.63) is 34.9 Å². The van der Waals surface area contributed by atoms with Crippen LogP contribution >= 0.6 is 0 Å². The van der Waals surface area contributed by atoms with Crippen molar-refractivity contribution < 1.29 is 19.8 Å². The van der Waals surface area contributed by atoms with Gasteiger partial charge in [-0.2, -0.15) is 0 Å². The summed E-state index contributed by atoms with van der Waals surface area (Å²) in [4.78, 5) is 22.9. The molecule has 0 bridgehead atoms. The molecule has 5 heteroatoms. The van der Waals surface area contributed by atoms with Crippen LogP contribution in [0.25, 0.3) is 0 Å². The fraction of sp³-hybridized carbons (Fsp3) is 0.500. The number of hydrogen-bond donors (Lipinski definition) is 3. The normalized spacial score (nSPS) is 15.1. The summed E-state index contributed by atoms with van der Waals surface area (Å²) < 4.78 is 0. The van der Waals surface area contributed by atoms with Crippen LogP contribution in [0.2, 0.25) is 0 Å². The topological polar surface area (TPSA) is 86.6 Å². The van der Waals surface area contributed by atoms with Crippen molar-refractivity contribution in [2.75, 3.05) is 6.61 Å². The second-order valence-corrected chi connectivity index (χ2v) is 5.46. The van der Waals surface area contributed by atoms with Crippen LogP contribution in [0.3, 0.4) is 0 Å². The lowest BCUT2D eigenvalue weighted by atomic mass is 9.90. The Bertz CT molecular complexity index is 527. The number of nitrogens with one attached hydrogen (secondary N) is 1. The number of amides is 1. The van der Waals surface area contributed by atoms with Crippen LogP contribution in [0.5, 0.6) is 0 Å². The SMILES string of the molecule is O=C(Cc1ccc2c(c1)CCCC2)N[C@@H](CCO)C(=O)O. The molecule has 0 saturated carbocycles. The predicted molar refractivity (Wildman–Crippen MR) is 78.1 cm³/mol. The number of benzene rings is 1. The molecule has 5 nitrogen and oxygen atoms in total. The van der Waals surface area contributed by atoms with Crippen LogP contribution in [0.1, 0.15) is 36.0 Å². The van der Waals surface area contributed by atoms with Gasteiger partial charge in [-0.15, -0.1) is 0 Å². The number of aliphatic carboxylic acids is 1. The number of aryl methyl sites for hydroxylation is 2. The van der Waals surface area contributed by atoms with Crippen LogP contribution in [-0.4, -0.2) is 34.7 Å². The maximum atomic E-state index is 11.9. The number of carbonyl (C=O) groups excluding carboxylic acids is 1. The molecule has 1 aliphatic rings. The van der Waals surface area contributed by atoms with E-state index < -0.39 is 12.0 Å². The maximum absolute atomic E-state index is 11.9. The van der Waals surface area contributed by atoms with Gasteiger partial charge in [-0.05, 0) is 42.4 Å². The van der Waals surface area contributed by atoms with E-state index in [1.165, 1.54) is 24.0 Å². The Morgan fingerprint density at radius 3 is 2.57 bits per heavy atom. The fourth-order valence-electron chi connectivity index (χ4n) is 2.71. The molecule has 0 unspecified atom stereocenters. The summed E-state index contributed by atoms with van der Waals surface area (Å²) in [5, 5.41) is 20.2. The van der Waals surface area contributed by atoms with Gasteiger partial charge in [-0.1, -0.05) is 18.2 Å². The van der Waals surface area contributed by atoms with Gasteiger partial charge in [0.1, 0.15) is 6.04 Å². The number of carboxylic acids is 1. The van der Waals surface area contributed by atoms with E-state index in [0.29, 0.717) is 0 Å². The Kier molecular flexibility index (Phi) is 5.33. The standard InChI is InChI=1S/C16H21NO4/c18-8-7-14(16(20)21)17-15(19)10-11-5-6-12-3-1-2-4-13(12)9-11/h5-6,9,14,18H,1-4,7-8,10H2,(H,17,19)(H,20,21)/t14-/m0/s1. The van der Waals surface area contributed by atoms with E-state index in [2.05, 4.69) is 17.4 Å². The Morgan fingerprint density at radius 2 is 1.90 bits per heavy atom. The first kappa shape index (κ1) is 15.5. The van der Waals surface area contributed by atoms with Crippen LogP contribution in [0, 0.1) is 0 Å². The summed E-state index contributed by atoms with van der Waals surface area (Å²) in [6, 6.07) is 5.03. The molecule has 114 valence electrons. The lowest BCUT2D eigenvalue weighted by Crippen LogP contribution is -2.42. The Morgan fingerprint density at radius 1 is 1.19 bits per heavy atom. The first-order valence-corrected chi connectivity index (χ1v) is 7.34. The molecule has 21 heavy (non-hydrogen) atoms. The summed E-state index contributed by atoms with van der Waals surface area (Å²) >= 11 is 0. The third-order valence-corrected chi connectivity index (χ3v) is 3.83. The molecule has 0 fully saturated rings. The minimum atomic E-state index is -1.12. The van der Waals surface area contributed by atoms with Crippen LogP contribution in [0.4, 0.5) is 0 Å². The van der Waals surface area contributed by atoms with Gasteiger partial charge >= 0.3 is 5.97 Å². The van der Waals surface area contributed by atoms with Gasteiger partial charge in [0.15, 0.2) is 0 Å². The lowest BCUT2D eigenvalue weighted by Gasteiger charge is -2.17. The molecule has 2 rings (SSSR count). The van der Waals surface area contributed by atoms with Gasteiger partial charge in [-0.3, -0.25) is 4.79 Å². The quantitative estimate of drug-likeness (QED) is 0.731. The Hall–Kier alpha value is -1.88. The number of carboxylic acid groups (broad SMARTS) is 1. The number of aliphatic hydroxyl groups excluding tert-OH is 1. The van der Waals surface area contributed by atoms with Crippen molar-refractivity contribution in [1.29, 1.82) is 0 Å². The number of fused-ring (bicyclic) bond motifs is 1. The highest BCUT2D eigenvalue weighted by Gasteiger charge is 2.19. The molecule has 1 aromatic carbocycles. The third kappa shape index (κ3) is 4.29. The lowest BCUT2D eigenvalue weighted by molar-refractivity contribution is -0.142. The van der Waals surface area contributed by atoms with E-state index in [9.17, 15) is 9.59 Å². The highest BCUT2D eigenvalue weighted by Crippen LogP contribution is 2.22. The smallest absolute Gasteiger partial charge is 0.326 e. The Labute approximate surface area is 124 Å². The van der Waals surface area contributed by atoms with Crippen molar-refractivity contribution in [2.45, 2.75) is 44.6 Å². The summed E-state index contributed by atoms with van der Waals surface area (Å²) in [5.41, 5.74) is 3.56. The van der Waals surface area contributed by atoms with E-state index >= 15 is 0 Å².